The topological polar surface area (TPSA) is 85.4 Å². The van der Waals surface area contributed by atoms with Crippen LogP contribution in [0, 0.1) is 11.8 Å². The Labute approximate surface area is 190 Å². The third-order valence-corrected chi connectivity index (χ3v) is 7.54. The normalized spacial score (nSPS) is 34.6. The summed E-state index contributed by atoms with van der Waals surface area (Å²) < 4.78 is 17.0. The van der Waals surface area contributed by atoms with Crippen molar-refractivity contribution >= 4 is 17.8 Å². The van der Waals surface area contributed by atoms with E-state index in [-0.39, 0.29) is 61.0 Å². The summed E-state index contributed by atoms with van der Waals surface area (Å²) in [6.07, 6.45) is 7.21. The number of esters is 2. The summed E-state index contributed by atoms with van der Waals surface area (Å²) in [5.41, 5.74) is 1.26. The second-order valence-electron chi connectivity index (χ2n) is 10.0. The molecule has 1 amide bonds. The van der Waals surface area contributed by atoms with Gasteiger partial charge in [0, 0.05) is 31.0 Å². The summed E-state index contributed by atoms with van der Waals surface area (Å²) in [5.74, 6) is -0.0513. The van der Waals surface area contributed by atoms with Crippen molar-refractivity contribution < 1.29 is 28.6 Å². The Morgan fingerprint density at radius 2 is 2.00 bits per heavy atom. The van der Waals surface area contributed by atoms with Gasteiger partial charge in [0.1, 0.15) is 18.8 Å². The number of carbonyl (C=O) groups excluding carboxylic acids is 3. The highest BCUT2D eigenvalue weighted by Gasteiger charge is 2.61. The lowest BCUT2D eigenvalue weighted by Gasteiger charge is -2.30. The highest BCUT2D eigenvalue weighted by atomic mass is 16.6. The fourth-order valence-electron chi connectivity index (χ4n) is 5.12. The molecule has 1 aliphatic carbocycles. The lowest BCUT2D eigenvalue weighted by molar-refractivity contribution is -0.145. The highest BCUT2D eigenvalue weighted by Crippen LogP contribution is 2.49. The van der Waals surface area contributed by atoms with E-state index >= 15 is 0 Å². The first-order valence-corrected chi connectivity index (χ1v) is 12.0. The van der Waals surface area contributed by atoms with Crippen LogP contribution in [-0.4, -0.2) is 60.3 Å². The molecule has 32 heavy (non-hydrogen) atoms. The molecule has 4 rings (SSSR count). The first-order chi connectivity index (χ1) is 15.3. The van der Waals surface area contributed by atoms with E-state index in [9.17, 15) is 14.4 Å². The van der Waals surface area contributed by atoms with Gasteiger partial charge < -0.3 is 19.1 Å². The van der Waals surface area contributed by atoms with Gasteiger partial charge in [-0.25, -0.2) is 4.79 Å². The fourth-order valence-corrected chi connectivity index (χ4v) is 5.12. The van der Waals surface area contributed by atoms with Gasteiger partial charge in [-0.15, -0.1) is 0 Å². The van der Waals surface area contributed by atoms with Crippen molar-refractivity contribution in [2.24, 2.45) is 11.8 Å². The van der Waals surface area contributed by atoms with Crippen LogP contribution in [0.25, 0.3) is 0 Å². The zero-order valence-electron chi connectivity index (χ0n) is 19.3. The van der Waals surface area contributed by atoms with Crippen molar-refractivity contribution in [3.8, 4) is 0 Å². The van der Waals surface area contributed by atoms with Gasteiger partial charge in [0.25, 0.3) is 0 Å². The number of ether oxygens (including phenoxy) is 3. The molecule has 0 unspecified atom stereocenters. The molecule has 7 heteroatoms. The minimum atomic E-state index is -0.346. The van der Waals surface area contributed by atoms with Crippen LogP contribution in [0.1, 0.15) is 65.2 Å². The van der Waals surface area contributed by atoms with Crippen LogP contribution in [0.2, 0.25) is 0 Å². The quantitative estimate of drug-likeness (QED) is 0.279. The van der Waals surface area contributed by atoms with Gasteiger partial charge >= 0.3 is 11.9 Å². The van der Waals surface area contributed by atoms with Crippen LogP contribution in [0.15, 0.2) is 23.8 Å². The second-order valence-corrected chi connectivity index (χ2v) is 10.0. The molecule has 7 nitrogen and oxygen atoms in total. The number of epoxide rings is 1. The number of allylic oxidation sites excluding steroid dienone is 1. The smallest absolute Gasteiger partial charge is 0.334 e. The molecule has 0 aromatic rings. The van der Waals surface area contributed by atoms with E-state index in [1.807, 2.05) is 4.90 Å². The molecule has 0 saturated carbocycles. The van der Waals surface area contributed by atoms with E-state index in [0.717, 1.165) is 44.3 Å². The summed E-state index contributed by atoms with van der Waals surface area (Å²) in [7, 11) is 0. The van der Waals surface area contributed by atoms with E-state index in [4.69, 9.17) is 14.2 Å². The van der Waals surface area contributed by atoms with Crippen LogP contribution in [-0.2, 0) is 28.6 Å². The van der Waals surface area contributed by atoms with Gasteiger partial charge in [-0.1, -0.05) is 19.6 Å². The number of hydrogen-bond donors (Lipinski definition) is 0. The van der Waals surface area contributed by atoms with Crippen molar-refractivity contribution in [3.05, 3.63) is 23.8 Å². The van der Waals surface area contributed by atoms with Crippen molar-refractivity contribution in [2.45, 2.75) is 83.0 Å². The molecule has 4 aliphatic rings. The Morgan fingerprint density at radius 3 is 2.75 bits per heavy atom. The number of hydrogen-bond acceptors (Lipinski definition) is 6. The van der Waals surface area contributed by atoms with E-state index in [1.165, 1.54) is 0 Å². The summed E-state index contributed by atoms with van der Waals surface area (Å²) >= 11 is 0. The van der Waals surface area contributed by atoms with Gasteiger partial charge in [-0.05, 0) is 56.9 Å². The molecular formula is C25H35NO6. The van der Waals surface area contributed by atoms with Gasteiger partial charge in [-0.2, -0.15) is 0 Å². The summed E-state index contributed by atoms with van der Waals surface area (Å²) in [4.78, 5) is 38.5. The molecular weight excluding hydrogens is 410 g/mol. The van der Waals surface area contributed by atoms with Crippen LogP contribution in [0.5, 0.6) is 0 Å². The van der Waals surface area contributed by atoms with Crippen LogP contribution in [0.4, 0.5) is 0 Å². The maximum atomic E-state index is 12.3. The Kier molecular flexibility index (Phi) is 6.75. The van der Waals surface area contributed by atoms with Crippen molar-refractivity contribution in [1.29, 1.82) is 0 Å². The van der Waals surface area contributed by atoms with Crippen LogP contribution < -0.4 is 0 Å². The Morgan fingerprint density at radius 1 is 1.25 bits per heavy atom. The molecule has 176 valence electrons. The molecule has 0 N–H and O–H groups in total. The van der Waals surface area contributed by atoms with Gasteiger partial charge in [0.05, 0.1) is 12.0 Å². The predicted octanol–water partition coefficient (Wildman–Crippen LogP) is 3.32. The Bertz CT molecular complexity index is 811. The van der Waals surface area contributed by atoms with Crippen molar-refractivity contribution in [1.82, 2.24) is 4.90 Å². The fraction of sp³-hybridized carbons (Fsp3) is 0.720. The maximum absolute atomic E-state index is 12.3. The average molecular weight is 446 g/mol. The lowest BCUT2D eigenvalue weighted by atomic mass is 9.84. The predicted molar refractivity (Wildman–Crippen MR) is 118 cm³/mol. The molecule has 3 saturated heterocycles. The third-order valence-electron chi connectivity index (χ3n) is 7.54. The zero-order valence-corrected chi connectivity index (χ0v) is 19.3. The Balaban J connectivity index is 1.26. The SMILES string of the molecule is C=C1C(=O)O[C@@H]2[C@H]3O[C@]3(C)CC/C=C(/COC(=O)CCC(=O)N3CCC(C)CC3)CC[C@@H]12. The van der Waals surface area contributed by atoms with E-state index < -0.39 is 0 Å². The summed E-state index contributed by atoms with van der Waals surface area (Å²) in [6, 6.07) is 0. The second kappa shape index (κ2) is 9.38. The monoisotopic (exact) mass is 445 g/mol. The summed E-state index contributed by atoms with van der Waals surface area (Å²) in [5, 5.41) is 0. The number of piperidine rings is 1. The number of amides is 1. The lowest BCUT2D eigenvalue weighted by Crippen LogP contribution is -2.38. The number of carbonyl (C=O) groups is 3. The Hall–Kier alpha value is -2.15. The molecule has 0 aromatic heterocycles. The molecule has 0 aromatic carbocycles. The number of nitrogens with zero attached hydrogens (tertiary/aromatic N) is 1. The van der Waals surface area contributed by atoms with Gasteiger partial charge in [0.15, 0.2) is 0 Å². The largest absolute Gasteiger partial charge is 0.461 e. The molecule has 3 fully saturated rings. The number of rotatable bonds is 5. The first-order valence-electron chi connectivity index (χ1n) is 12.0. The zero-order chi connectivity index (χ0) is 22.9. The third kappa shape index (κ3) is 5.08. The number of likely N-dealkylation sites (tertiary alicyclic amines) is 1. The van der Waals surface area contributed by atoms with E-state index in [2.05, 4.69) is 26.5 Å². The highest BCUT2D eigenvalue weighted by molar-refractivity contribution is 5.91. The first kappa shape index (κ1) is 23.0. The minimum Gasteiger partial charge on any atom is -0.461 e. The van der Waals surface area contributed by atoms with Gasteiger partial charge in [0.2, 0.25) is 5.91 Å². The maximum Gasteiger partial charge on any atom is 0.334 e. The summed E-state index contributed by atoms with van der Waals surface area (Å²) in [6.45, 7) is 9.97. The molecule has 0 bridgehead atoms. The van der Waals surface area contributed by atoms with Crippen LogP contribution >= 0.6 is 0 Å². The van der Waals surface area contributed by atoms with E-state index in [0.29, 0.717) is 24.3 Å². The molecule has 3 heterocycles. The molecule has 4 atom stereocenters. The van der Waals surface area contributed by atoms with Crippen molar-refractivity contribution in [3.63, 3.8) is 0 Å². The molecule has 0 radical (unpaired) electrons. The molecule has 3 aliphatic heterocycles. The minimum absolute atomic E-state index is 0.0365. The molecule has 0 spiro atoms. The van der Waals surface area contributed by atoms with Crippen LogP contribution in [0.3, 0.4) is 0 Å². The standard InChI is InChI=1S/C25H35NO6/c1-16-10-13-26(14-11-16)20(27)8-9-21(28)30-15-18-5-4-12-25(3)23(32-25)22-19(7-6-18)17(2)24(29)31-22/h5,16,19,22-23H,2,4,6-15H2,1,3H3/b18-5+/t19-,22-,23+,25+/m0/s1. The van der Waals surface area contributed by atoms with Gasteiger partial charge in [-0.3, -0.25) is 9.59 Å². The van der Waals surface area contributed by atoms with Crippen molar-refractivity contribution in [2.75, 3.05) is 19.7 Å². The average Bonchev–Trinajstić information content (AvgIpc) is 3.36. The van der Waals surface area contributed by atoms with E-state index in [1.54, 1.807) is 0 Å². The number of fused-ring (bicyclic) bond motifs is 3.